The van der Waals surface area contributed by atoms with Crippen LogP contribution >= 0.6 is 0 Å². The zero-order chi connectivity index (χ0) is 13.1. The summed E-state index contributed by atoms with van der Waals surface area (Å²) in [5.41, 5.74) is 0.656. The van der Waals surface area contributed by atoms with Gasteiger partial charge in [-0.25, -0.2) is 13.1 Å². The molecular formula is C9H11N3O4S. The van der Waals surface area contributed by atoms with Gasteiger partial charge in [-0.3, -0.25) is 0 Å². The normalized spacial score (nSPS) is 11.1. The first-order chi connectivity index (χ1) is 7.83. The van der Waals surface area contributed by atoms with Crippen LogP contribution in [0, 0.1) is 10.1 Å². The highest BCUT2D eigenvalue weighted by atomic mass is 32.2. The van der Waals surface area contributed by atoms with Crippen LogP contribution in [-0.4, -0.2) is 24.9 Å². The molecule has 1 aromatic heterocycles. The minimum atomic E-state index is -3.69. The molecule has 7 nitrogen and oxygen atoms in total. The summed E-state index contributed by atoms with van der Waals surface area (Å²) in [6.45, 7) is 5.34. The van der Waals surface area contributed by atoms with Crippen molar-refractivity contribution >= 4 is 15.8 Å². The SMILES string of the molecule is C=C(C)CNS(=O)(=O)c1ccc([N+](=O)[O-])nc1. The maximum absolute atomic E-state index is 11.7. The lowest BCUT2D eigenvalue weighted by atomic mass is 10.4. The maximum atomic E-state index is 11.7. The lowest BCUT2D eigenvalue weighted by Crippen LogP contribution is -2.25. The van der Waals surface area contributed by atoms with Crippen LogP contribution in [0.1, 0.15) is 6.92 Å². The van der Waals surface area contributed by atoms with Gasteiger partial charge in [0.2, 0.25) is 10.0 Å². The average molecular weight is 257 g/mol. The molecule has 0 saturated carbocycles. The first kappa shape index (κ1) is 13.3. The summed E-state index contributed by atoms with van der Waals surface area (Å²) in [7, 11) is -3.69. The highest BCUT2D eigenvalue weighted by Crippen LogP contribution is 2.11. The topological polar surface area (TPSA) is 102 Å². The van der Waals surface area contributed by atoms with Crippen molar-refractivity contribution < 1.29 is 13.3 Å². The Balaban J connectivity index is 2.92. The monoisotopic (exact) mass is 257 g/mol. The van der Waals surface area contributed by atoms with Gasteiger partial charge in [0.25, 0.3) is 0 Å². The molecule has 0 aliphatic carbocycles. The molecule has 0 amide bonds. The molecule has 0 spiro atoms. The summed E-state index contributed by atoms with van der Waals surface area (Å²) < 4.78 is 25.6. The van der Waals surface area contributed by atoms with Crippen molar-refractivity contribution in [1.82, 2.24) is 9.71 Å². The third-order valence-corrected chi connectivity index (χ3v) is 3.17. The smallest absolute Gasteiger partial charge is 0.358 e. The van der Waals surface area contributed by atoms with E-state index in [-0.39, 0.29) is 11.4 Å². The van der Waals surface area contributed by atoms with Crippen molar-refractivity contribution in [3.05, 3.63) is 40.6 Å². The van der Waals surface area contributed by atoms with Crippen molar-refractivity contribution in [2.24, 2.45) is 0 Å². The third-order valence-electron chi connectivity index (χ3n) is 1.78. The average Bonchev–Trinajstić information content (AvgIpc) is 2.27. The Hall–Kier alpha value is -1.80. The summed E-state index contributed by atoms with van der Waals surface area (Å²) in [4.78, 5) is 13.0. The first-order valence-electron chi connectivity index (χ1n) is 4.57. The molecule has 0 aromatic carbocycles. The van der Waals surface area contributed by atoms with Crippen LogP contribution in [0.4, 0.5) is 5.82 Å². The van der Waals surface area contributed by atoms with E-state index in [9.17, 15) is 18.5 Å². The molecule has 92 valence electrons. The molecule has 0 bridgehead atoms. The van der Waals surface area contributed by atoms with E-state index in [0.717, 1.165) is 18.3 Å². The predicted molar refractivity (Wildman–Crippen MR) is 60.9 cm³/mol. The minimum absolute atomic E-state index is 0.110. The molecule has 0 aliphatic heterocycles. The highest BCUT2D eigenvalue weighted by molar-refractivity contribution is 7.89. The van der Waals surface area contributed by atoms with Crippen LogP contribution in [0.25, 0.3) is 0 Å². The lowest BCUT2D eigenvalue weighted by Gasteiger charge is -2.04. The molecule has 1 aromatic rings. The molecule has 0 atom stereocenters. The zero-order valence-electron chi connectivity index (χ0n) is 9.08. The second-order valence-electron chi connectivity index (χ2n) is 3.39. The third kappa shape index (κ3) is 3.61. The maximum Gasteiger partial charge on any atom is 0.363 e. The molecule has 0 radical (unpaired) electrons. The number of aromatic nitrogens is 1. The zero-order valence-corrected chi connectivity index (χ0v) is 9.90. The minimum Gasteiger partial charge on any atom is -0.358 e. The Bertz CT molecular complexity index is 536. The van der Waals surface area contributed by atoms with Gasteiger partial charge in [0.1, 0.15) is 4.90 Å². The van der Waals surface area contributed by atoms with Crippen molar-refractivity contribution in [2.75, 3.05) is 6.54 Å². The van der Waals surface area contributed by atoms with Crippen LogP contribution < -0.4 is 4.72 Å². The number of nitro groups is 1. The fourth-order valence-electron chi connectivity index (χ4n) is 0.941. The Kier molecular flexibility index (Phi) is 3.92. The summed E-state index contributed by atoms with van der Waals surface area (Å²) >= 11 is 0. The molecule has 0 fully saturated rings. The van der Waals surface area contributed by atoms with Gasteiger partial charge in [-0.05, 0) is 22.9 Å². The van der Waals surface area contributed by atoms with Gasteiger partial charge in [-0.15, -0.1) is 0 Å². The number of nitrogens with one attached hydrogen (secondary N) is 1. The second-order valence-corrected chi connectivity index (χ2v) is 5.16. The van der Waals surface area contributed by atoms with E-state index < -0.39 is 20.8 Å². The van der Waals surface area contributed by atoms with Gasteiger partial charge in [-0.2, -0.15) is 0 Å². The van der Waals surface area contributed by atoms with Crippen molar-refractivity contribution in [2.45, 2.75) is 11.8 Å². The molecule has 0 unspecified atom stereocenters. The number of nitrogens with zero attached hydrogens (tertiary/aromatic N) is 2. The molecule has 0 saturated heterocycles. The van der Waals surface area contributed by atoms with Gasteiger partial charge in [-0.1, -0.05) is 12.2 Å². The largest absolute Gasteiger partial charge is 0.363 e. The van der Waals surface area contributed by atoms with Gasteiger partial charge in [0.15, 0.2) is 6.20 Å². The molecule has 1 rings (SSSR count). The second kappa shape index (κ2) is 5.02. The fourth-order valence-corrected chi connectivity index (χ4v) is 1.98. The summed E-state index contributed by atoms with van der Waals surface area (Å²) in [6, 6.07) is 2.17. The number of sulfonamides is 1. The Morgan fingerprint density at radius 3 is 2.65 bits per heavy atom. The first-order valence-corrected chi connectivity index (χ1v) is 6.06. The Labute approximate surface area is 98.4 Å². The number of hydrogen-bond donors (Lipinski definition) is 1. The predicted octanol–water partition coefficient (Wildman–Crippen LogP) is 0.844. The molecule has 1 N–H and O–H groups in total. The number of rotatable bonds is 5. The molecule has 0 aliphatic rings. The van der Waals surface area contributed by atoms with Crippen molar-refractivity contribution in [3.63, 3.8) is 0 Å². The van der Waals surface area contributed by atoms with Crippen LogP contribution in [0.5, 0.6) is 0 Å². The van der Waals surface area contributed by atoms with E-state index in [1.165, 1.54) is 0 Å². The van der Waals surface area contributed by atoms with E-state index in [0.29, 0.717) is 5.57 Å². The van der Waals surface area contributed by atoms with Gasteiger partial charge in [0, 0.05) is 12.6 Å². The summed E-state index contributed by atoms with van der Waals surface area (Å²) in [5.74, 6) is -0.399. The van der Waals surface area contributed by atoms with E-state index in [4.69, 9.17) is 0 Å². The van der Waals surface area contributed by atoms with Gasteiger partial charge < -0.3 is 10.1 Å². The Morgan fingerprint density at radius 1 is 1.59 bits per heavy atom. The quantitative estimate of drug-likeness (QED) is 0.478. The van der Waals surface area contributed by atoms with Crippen LogP contribution in [0.15, 0.2) is 35.4 Å². The molecule has 17 heavy (non-hydrogen) atoms. The summed E-state index contributed by atoms with van der Waals surface area (Å²) in [6.07, 6.45) is 0.943. The van der Waals surface area contributed by atoms with Crippen LogP contribution in [0.3, 0.4) is 0 Å². The molecular weight excluding hydrogens is 246 g/mol. The fraction of sp³-hybridized carbons (Fsp3) is 0.222. The molecule has 1 heterocycles. The van der Waals surface area contributed by atoms with Crippen molar-refractivity contribution in [1.29, 1.82) is 0 Å². The van der Waals surface area contributed by atoms with E-state index in [1.807, 2.05) is 0 Å². The standard InChI is InChI=1S/C9H11N3O4S/c1-7(2)5-11-17(15,16)8-3-4-9(10-6-8)12(13)14/h3-4,6,11H,1,5H2,2H3. The van der Waals surface area contributed by atoms with Crippen LogP contribution in [-0.2, 0) is 10.0 Å². The summed E-state index contributed by atoms with van der Waals surface area (Å²) in [5, 5.41) is 10.3. The van der Waals surface area contributed by atoms with E-state index >= 15 is 0 Å². The lowest BCUT2D eigenvalue weighted by molar-refractivity contribution is -0.389. The Morgan fingerprint density at radius 2 is 2.24 bits per heavy atom. The number of hydrogen-bond acceptors (Lipinski definition) is 5. The van der Waals surface area contributed by atoms with E-state index in [2.05, 4.69) is 16.3 Å². The van der Waals surface area contributed by atoms with Crippen LogP contribution in [0.2, 0.25) is 0 Å². The van der Waals surface area contributed by atoms with Crippen molar-refractivity contribution in [3.8, 4) is 0 Å². The molecule has 8 heteroatoms. The number of pyridine rings is 1. The highest BCUT2D eigenvalue weighted by Gasteiger charge is 2.17. The van der Waals surface area contributed by atoms with E-state index in [1.54, 1.807) is 6.92 Å². The van der Waals surface area contributed by atoms with Gasteiger partial charge in [0.05, 0.1) is 0 Å². The van der Waals surface area contributed by atoms with Gasteiger partial charge >= 0.3 is 5.82 Å².